The van der Waals surface area contributed by atoms with Crippen LogP contribution in [0.2, 0.25) is 0 Å². The van der Waals surface area contributed by atoms with E-state index in [1.165, 1.54) is 12.8 Å². The summed E-state index contributed by atoms with van der Waals surface area (Å²) in [6, 6.07) is 6.44. The number of hydrogen-bond acceptors (Lipinski definition) is 5. The van der Waals surface area contributed by atoms with Gasteiger partial charge in [-0.3, -0.25) is 4.98 Å². The molecule has 1 fully saturated rings. The van der Waals surface area contributed by atoms with Gasteiger partial charge in [-0.25, -0.2) is 4.98 Å². The Bertz CT molecular complexity index is 510. The average Bonchev–Trinajstić information content (AvgIpc) is 3.22. The largest absolute Gasteiger partial charge is 0.367 e. The summed E-state index contributed by atoms with van der Waals surface area (Å²) >= 11 is 0. The first-order valence-corrected chi connectivity index (χ1v) is 6.12. The molecule has 5 heteroatoms. The first-order chi connectivity index (χ1) is 8.90. The predicted octanol–water partition coefficient (Wildman–Crippen LogP) is 2.06. The van der Waals surface area contributed by atoms with Crippen LogP contribution in [0.1, 0.15) is 18.4 Å². The van der Waals surface area contributed by atoms with E-state index in [1.807, 2.05) is 24.4 Å². The van der Waals surface area contributed by atoms with Crippen LogP contribution in [0.15, 0.2) is 36.8 Å². The number of pyridine rings is 1. The minimum absolute atomic E-state index is 0.603. The first-order valence-electron chi connectivity index (χ1n) is 6.12. The summed E-state index contributed by atoms with van der Waals surface area (Å²) in [5.41, 5.74) is 1.11. The van der Waals surface area contributed by atoms with Gasteiger partial charge in [0.1, 0.15) is 5.82 Å². The minimum atomic E-state index is 0.603. The molecule has 2 aromatic heterocycles. The number of nitrogens with one attached hydrogen (secondary N) is 2. The molecule has 2 heterocycles. The third-order valence-electron chi connectivity index (χ3n) is 2.76. The van der Waals surface area contributed by atoms with Crippen LogP contribution < -0.4 is 10.6 Å². The van der Waals surface area contributed by atoms with E-state index in [4.69, 9.17) is 0 Å². The van der Waals surface area contributed by atoms with Crippen molar-refractivity contribution in [3.05, 3.63) is 42.4 Å². The van der Waals surface area contributed by atoms with Gasteiger partial charge in [-0.2, -0.15) is 4.98 Å². The summed E-state index contributed by atoms with van der Waals surface area (Å²) in [5.74, 6) is 1.53. The van der Waals surface area contributed by atoms with Crippen molar-refractivity contribution in [2.45, 2.75) is 25.4 Å². The Kier molecular flexibility index (Phi) is 3.04. The SMILES string of the molecule is c1cncc(CNc2nccc(NC3CC3)n2)c1. The summed E-state index contributed by atoms with van der Waals surface area (Å²) < 4.78 is 0. The average molecular weight is 241 g/mol. The van der Waals surface area contributed by atoms with E-state index in [9.17, 15) is 0 Å². The molecule has 18 heavy (non-hydrogen) atoms. The predicted molar refractivity (Wildman–Crippen MR) is 70.2 cm³/mol. The van der Waals surface area contributed by atoms with E-state index >= 15 is 0 Å². The Balaban J connectivity index is 1.61. The van der Waals surface area contributed by atoms with Gasteiger partial charge >= 0.3 is 0 Å². The smallest absolute Gasteiger partial charge is 0.224 e. The normalized spacial score (nSPS) is 14.2. The molecule has 1 aliphatic carbocycles. The Morgan fingerprint density at radius 1 is 1.22 bits per heavy atom. The molecular formula is C13H15N5. The molecule has 0 radical (unpaired) electrons. The molecule has 3 rings (SSSR count). The summed E-state index contributed by atoms with van der Waals surface area (Å²) in [6.45, 7) is 0.681. The molecule has 0 aromatic carbocycles. The molecule has 2 aromatic rings. The molecule has 5 nitrogen and oxygen atoms in total. The molecule has 0 spiro atoms. The maximum absolute atomic E-state index is 4.41. The van der Waals surface area contributed by atoms with Crippen molar-refractivity contribution in [3.63, 3.8) is 0 Å². The van der Waals surface area contributed by atoms with Crippen molar-refractivity contribution >= 4 is 11.8 Å². The van der Waals surface area contributed by atoms with Crippen LogP contribution in [0.4, 0.5) is 11.8 Å². The number of aromatic nitrogens is 3. The molecule has 92 valence electrons. The lowest BCUT2D eigenvalue weighted by molar-refractivity contribution is 1.03. The molecule has 2 N–H and O–H groups in total. The van der Waals surface area contributed by atoms with Gasteiger partial charge in [0.2, 0.25) is 5.95 Å². The minimum Gasteiger partial charge on any atom is -0.367 e. The maximum atomic E-state index is 4.41. The fraction of sp³-hybridized carbons (Fsp3) is 0.308. The van der Waals surface area contributed by atoms with Gasteiger partial charge in [0, 0.05) is 31.2 Å². The molecular weight excluding hydrogens is 226 g/mol. The number of nitrogens with zero attached hydrogens (tertiary/aromatic N) is 3. The molecule has 0 unspecified atom stereocenters. The number of hydrogen-bond donors (Lipinski definition) is 2. The standard InChI is InChI=1S/C13H15N5/c1-2-10(8-14-6-1)9-16-13-15-7-5-12(18-13)17-11-3-4-11/h1-2,5-8,11H,3-4,9H2,(H2,15,16,17,18). The van der Waals surface area contributed by atoms with Crippen LogP contribution in [-0.4, -0.2) is 21.0 Å². The summed E-state index contributed by atoms with van der Waals surface area (Å²) in [7, 11) is 0. The summed E-state index contributed by atoms with van der Waals surface area (Å²) in [5, 5.41) is 6.54. The van der Waals surface area contributed by atoms with Crippen molar-refractivity contribution < 1.29 is 0 Å². The van der Waals surface area contributed by atoms with Crippen LogP contribution in [-0.2, 0) is 6.54 Å². The maximum Gasteiger partial charge on any atom is 0.224 e. The van der Waals surface area contributed by atoms with Gasteiger partial charge in [-0.1, -0.05) is 6.07 Å². The second kappa shape index (κ2) is 5.00. The highest BCUT2D eigenvalue weighted by Gasteiger charge is 2.21. The van der Waals surface area contributed by atoms with Crippen molar-refractivity contribution in [2.24, 2.45) is 0 Å². The van der Waals surface area contributed by atoms with E-state index in [0.29, 0.717) is 18.5 Å². The van der Waals surface area contributed by atoms with Crippen LogP contribution in [0.25, 0.3) is 0 Å². The van der Waals surface area contributed by atoms with Gasteiger partial charge in [-0.05, 0) is 30.5 Å². The van der Waals surface area contributed by atoms with Crippen molar-refractivity contribution in [1.29, 1.82) is 0 Å². The lowest BCUT2D eigenvalue weighted by Gasteiger charge is -2.07. The molecule has 0 atom stereocenters. The third kappa shape index (κ3) is 2.94. The molecule has 0 saturated heterocycles. The zero-order valence-electron chi connectivity index (χ0n) is 10.0. The second-order valence-corrected chi connectivity index (χ2v) is 4.40. The Labute approximate surface area is 106 Å². The molecule has 0 amide bonds. The van der Waals surface area contributed by atoms with Crippen molar-refractivity contribution in [3.8, 4) is 0 Å². The Morgan fingerprint density at radius 2 is 2.17 bits per heavy atom. The van der Waals surface area contributed by atoms with Gasteiger partial charge < -0.3 is 10.6 Å². The fourth-order valence-electron chi connectivity index (χ4n) is 1.64. The topological polar surface area (TPSA) is 62.7 Å². The highest BCUT2D eigenvalue weighted by molar-refractivity contribution is 5.41. The highest BCUT2D eigenvalue weighted by Crippen LogP contribution is 2.23. The summed E-state index contributed by atoms with van der Waals surface area (Å²) in [6.07, 6.45) is 7.84. The first kappa shape index (κ1) is 11.0. The zero-order valence-corrected chi connectivity index (χ0v) is 10.0. The number of rotatable bonds is 5. The van der Waals surface area contributed by atoms with Crippen LogP contribution in [0.3, 0.4) is 0 Å². The molecule has 1 saturated carbocycles. The van der Waals surface area contributed by atoms with E-state index in [1.54, 1.807) is 12.4 Å². The van der Waals surface area contributed by atoms with Gasteiger partial charge in [0.05, 0.1) is 0 Å². The van der Waals surface area contributed by atoms with Crippen LogP contribution in [0, 0.1) is 0 Å². The lowest BCUT2D eigenvalue weighted by Crippen LogP contribution is -2.07. The van der Waals surface area contributed by atoms with Crippen LogP contribution >= 0.6 is 0 Å². The summed E-state index contributed by atoms with van der Waals surface area (Å²) in [4.78, 5) is 12.7. The highest BCUT2D eigenvalue weighted by atomic mass is 15.1. The zero-order chi connectivity index (χ0) is 12.2. The van der Waals surface area contributed by atoms with Gasteiger partial charge in [0.15, 0.2) is 0 Å². The van der Waals surface area contributed by atoms with Crippen molar-refractivity contribution in [1.82, 2.24) is 15.0 Å². The molecule has 0 bridgehead atoms. The quantitative estimate of drug-likeness (QED) is 0.839. The Morgan fingerprint density at radius 3 is 2.94 bits per heavy atom. The molecule has 0 aliphatic heterocycles. The third-order valence-corrected chi connectivity index (χ3v) is 2.76. The monoisotopic (exact) mass is 241 g/mol. The molecule has 1 aliphatic rings. The second-order valence-electron chi connectivity index (χ2n) is 4.40. The van der Waals surface area contributed by atoms with Gasteiger partial charge in [0.25, 0.3) is 0 Å². The van der Waals surface area contributed by atoms with E-state index in [0.717, 1.165) is 11.4 Å². The lowest BCUT2D eigenvalue weighted by atomic mass is 10.3. The van der Waals surface area contributed by atoms with Crippen molar-refractivity contribution in [2.75, 3.05) is 10.6 Å². The fourth-order valence-corrected chi connectivity index (χ4v) is 1.64. The van der Waals surface area contributed by atoms with Gasteiger partial charge in [-0.15, -0.1) is 0 Å². The van der Waals surface area contributed by atoms with E-state index in [2.05, 4.69) is 25.6 Å². The van der Waals surface area contributed by atoms with E-state index in [-0.39, 0.29) is 0 Å². The Hall–Kier alpha value is -2.17. The van der Waals surface area contributed by atoms with E-state index < -0.39 is 0 Å². The van der Waals surface area contributed by atoms with Crippen LogP contribution in [0.5, 0.6) is 0 Å². The number of anilines is 2.